The SMILES string of the molecule is CC[C@H](C)Oc1ccc(/C=C(/C#N)C(=O)NCCCc2ccccc2)cc1. The van der Waals surface area contributed by atoms with E-state index in [9.17, 15) is 10.1 Å². The molecular weight excluding hydrogens is 336 g/mol. The van der Waals surface area contributed by atoms with Gasteiger partial charge in [0.15, 0.2) is 0 Å². The maximum Gasteiger partial charge on any atom is 0.261 e. The number of carbonyl (C=O) groups excluding carboxylic acids is 1. The van der Waals surface area contributed by atoms with Gasteiger partial charge in [-0.3, -0.25) is 4.79 Å². The van der Waals surface area contributed by atoms with E-state index in [4.69, 9.17) is 4.74 Å². The first-order valence-corrected chi connectivity index (χ1v) is 9.33. The summed E-state index contributed by atoms with van der Waals surface area (Å²) in [5, 5.41) is 12.1. The van der Waals surface area contributed by atoms with Crippen LogP contribution < -0.4 is 10.1 Å². The van der Waals surface area contributed by atoms with Crippen LogP contribution >= 0.6 is 0 Å². The lowest BCUT2D eigenvalue weighted by Gasteiger charge is -2.12. The Hall–Kier alpha value is -3.06. The number of carbonyl (C=O) groups is 1. The smallest absolute Gasteiger partial charge is 0.261 e. The Bertz CT molecular complexity index is 789. The minimum absolute atomic E-state index is 0.102. The van der Waals surface area contributed by atoms with Gasteiger partial charge in [-0.25, -0.2) is 0 Å². The van der Waals surface area contributed by atoms with Gasteiger partial charge in [0.25, 0.3) is 5.91 Å². The summed E-state index contributed by atoms with van der Waals surface area (Å²) in [6.07, 6.45) is 4.41. The summed E-state index contributed by atoms with van der Waals surface area (Å²) in [6.45, 7) is 4.62. The number of benzene rings is 2. The third-order valence-corrected chi connectivity index (χ3v) is 4.24. The molecule has 0 saturated carbocycles. The van der Waals surface area contributed by atoms with Crippen LogP contribution in [0, 0.1) is 11.3 Å². The van der Waals surface area contributed by atoms with Crippen LogP contribution in [0.5, 0.6) is 5.75 Å². The van der Waals surface area contributed by atoms with Gasteiger partial charge in [-0.2, -0.15) is 5.26 Å². The molecule has 0 heterocycles. The third-order valence-electron chi connectivity index (χ3n) is 4.24. The molecule has 1 amide bonds. The number of nitrogens with zero attached hydrogens (tertiary/aromatic N) is 1. The van der Waals surface area contributed by atoms with E-state index in [-0.39, 0.29) is 17.6 Å². The molecule has 2 aromatic carbocycles. The van der Waals surface area contributed by atoms with Crippen molar-refractivity contribution in [3.05, 3.63) is 71.3 Å². The van der Waals surface area contributed by atoms with Crippen molar-refractivity contribution in [3.8, 4) is 11.8 Å². The number of nitriles is 1. The fraction of sp³-hybridized carbons (Fsp3) is 0.304. The lowest BCUT2D eigenvalue weighted by Crippen LogP contribution is -2.25. The van der Waals surface area contributed by atoms with Gasteiger partial charge in [0.1, 0.15) is 17.4 Å². The van der Waals surface area contributed by atoms with Gasteiger partial charge in [-0.05, 0) is 55.5 Å². The number of nitrogens with one attached hydrogen (secondary N) is 1. The molecule has 0 aromatic heterocycles. The summed E-state index contributed by atoms with van der Waals surface area (Å²) in [6, 6.07) is 19.5. The van der Waals surface area contributed by atoms with Crippen molar-refractivity contribution in [1.29, 1.82) is 5.26 Å². The number of hydrogen-bond donors (Lipinski definition) is 1. The normalized spacial score (nSPS) is 12.1. The monoisotopic (exact) mass is 362 g/mol. The molecule has 0 aliphatic carbocycles. The number of amides is 1. The molecule has 2 aromatic rings. The van der Waals surface area contributed by atoms with Crippen molar-refractivity contribution in [2.24, 2.45) is 0 Å². The summed E-state index contributed by atoms with van der Waals surface area (Å²) < 4.78 is 5.73. The molecule has 27 heavy (non-hydrogen) atoms. The molecule has 1 atom stereocenters. The predicted octanol–water partition coefficient (Wildman–Crippen LogP) is 4.52. The molecule has 0 fully saturated rings. The van der Waals surface area contributed by atoms with Crippen LogP contribution in [0.15, 0.2) is 60.2 Å². The minimum Gasteiger partial charge on any atom is -0.491 e. The van der Waals surface area contributed by atoms with Gasteiger partial charge in [0.05, 0.1) is 6.10 Å². The standard InChI is InChI=1S/C23H26N2O2/c1-3-18(2)27-22-13-11-20(12-14-22)16-21(17-24)23(26)25-15-7-10-19-8-5-4-6-9-19/h4-6,8-9,11-14,16,18H,3,7,10,15H2,1-2H3,(H,25,26)/b21-16-/t18-/m0/s1. The highest BCUT2D eigenvalue weighted by molar-refractivity contribution is 6.01. The van der Waals surface area contributed by atoms with Crippen molar-refractivity contribution in [3.63, 3.8) is 0 Å². The summed E-state index contributed by atoms with van der Waals surface area (Å²) in [7, 11) is 0. The number of rotatable bonds is 9. The number of hydrogen-bond acceptors (Lipinski definition) is 3. The van der Waals surface area contributed by atoms with E-state index < -0.39 is 0 Å². The van der Waals surface area contributed by atoms with Crippen LogP contribution in [-0.4, -0.2) is 18.6 Å². The second kappa shape index (κ2) is 10.8. The van der Waals surface area contributed by atoms with Crippen LogP contribution in [-0.2, 0) is 11.2 Å². The third kappa shape index (κ3) is 6.99. The Balaban J connectivity index is 1.87. The van der Waals surface area contributed by atoms with Gasteiger partial charge >= 0.3 is 0 Å². The van der Waals surface area contributed by atoms with Crippen LogP contribution in [0.2, 0.25) is 0 Å². The largest absolute Gasteiger partial charge is 0.491 e. The molecule has 140 valence electrons. The highest BCUT2D eigenvalue weighted by Gasteiger charge is 2.08. The van der Waals surface area contributed by atoms with E-state index in [2.05, 4.69) is 24.4 Å². The fourth-order valence-corrected chi connectivity index (χ4v) is 2.51. The molecule has 0 radical (unpaired) electrons. The molecule has 0 bridgehead atoms. The van der Waals surface area contributed by atoms with Crippen LogP contribution in [0.3, 0.4) is 0 Å². The zero-order valence-electron chi connectivity index (χ0n) is 15.9. The maximum atomic E-state index is 12.2. The molecule has 1 N–H and O–H groups in total. The van der Waals surface area contributed by atoms with Gasteiger partial charge < -0.3 is 10.1 Å². The van der Waals surface area contributed by atoms with Gasteiger partial charge in [0, 0.05) is 6.54 Å². The van der Waals surface area contributed by atoms with Crippen LogP contribution in [0.1, 0.15) is 37.8 Å². The molecule has 4 nitrogen and oxygen atoms in total. The Morgan fingerprint density at radius 1 is 1.19 bits per heavy atom. The van der Waals surface area contributed by atoms with E-state index in [1.54, 1.807) is 6.08 Å². The molecule has 0 unspecified atom stereocenters. The van der Waals surface area contributed by atoms with Crippen molar-refractivity contribution in [2.75, 3.05) is 6.54 Å². The first-order valence-electron chi connectivity index (χ1n) is 9.33. The lowest BCUT2D eigenvalue weighted by molar-refractivity contribution is -0.117. The highest BCUT2D eigenvalue weighted by atomic mass is 16.5. The van der Waals surface area contributed by atoms with Crippen molar-refractivity contribution in [1.82, 2.24) is 5.32 Å². The first-order chi connectivity index (χ1) is 13.1. The quantitative estimate of drug-likeness (QED) is 0.405. The van der Waals surface area contributed by atoms with Crippen LogP contribution in [0.25, 0.3) is 6.08 Å². The average molecular weight is 362 g/mol. The Labute approximate surface area is 161 Å². The molecule has 0 aliphatic rings. The van der Waals surface area contributed by atoms with Gasteiger partial charge in [-0.1, -0.05) is 49.4 Å². The molecular formula is C23H26N2O2. The molecule has 0 aliphatic heterocycles. The topological polar surface area (TPSA) is 62.1 Å². The summed E-state index contributed by atoms with van der Waals surface area (Å²) in [4.78, 5) is 12.2. The first kappa shape index (κ1) is 20.3. The summed E-state index contributed by atoms with van der Waals surface area (Å²) in [5.41, 5.74) is 2.13. The van der Waals surface area contributed by atoms with E-state index in [0.29, 0.717) is 6.54 Å². The Kier molecular flexibility index (Phi) is 8.12. The molecule has 0 spiro atoms. The summed E-state index contributed by atoms with van der Waals surface area (Å²) >= 11 is 0. The van der Waals surface area contributed by atoms with Crippen molar-refractivity contribution in [2.45, 2.75) is 39.2 Å². The molecule has 0 saturated heterocycles. The Morgan fingerprint density at radius 3 is 2.52 bits per heavy atom. The predicted molar refractivity (Wildman–Crippen MR) is 108 cm³/mol. The highest BCUT2D eigenvalue weighted by Crippen LogP contribution is 2.16. The van der Waals surface area contributed by atoms with Crippen LogP contribution in [0.4, 0.5) is 0 Å². The second-order valence-electron chi connectivity index (χ2n) is 6.42. The second-order valence-corrected chi connectivity index (χ2v) is 6.42. The Morgan fingerprint density at radius 2 is 1.89 bits per heavy atom. The molecule has 4 heteroatoms. The van der Waals surface area contributed by atoms with E-state index in [1.165, 1.54) is 5.56 Å². The lowest BCUT2D eigenvalue weighted by atomic mass is 10.1. The maximum absolute atomic E-state index is 12.2. The van der Waals surface area contributed by atoms with Gasteiger partial charge in [0.2, 0.25) is 0 Å². The van der Waals surface area contributed by atoms with E-state index >= 15 is 0 Å². The van der Waals surface area contributed by atoms with E-state index in [0.717, 1.165) is 30.6 Å². The van der Waals surface area contributed by atoms with E-state index in [1.807, 2.05) is 55.5 Å². The zero-order valence-corrected chi connectivity index (χ0v) is 15.9. The number of aryl methyl sites for hydroxylation is 1. The fourth-order valence-electron chi connectivity index (χ4n) is 2.51. The van der Waals surface area contributed by atoms with Crippen molar-refractivity contribution >= 4 is 12.0 Å². The average Bonchev–Trinajstić information content (AvgIpc) is 2.71. The molecule has 2 rings (SSSR count). The number of ether oxygens (including phenoxy) is 1. The zero-order chi connectivity index (χ0) is 19.5. The van der Waals surface area contributed by atoms with Gasteiger partial charge in [-0.15, -0.1) is 0 Å². The summed E-state index contributed by atoms with van der Waals surface area (Å²) in [5.74, 6) is 0.441. The minimum atomic E-state index is -0.342. The van der Waals surface area contributed by atoms with Crippen molar-refractivity contribution < 1.29 is 9.53 Å².